The quantitative estimate of drug-likeness (QED) is 0.791. The minimum Gasteiger partial charge on any atom is -0.381 e. The molecule has 1 saturated heterocycles. The van der Waals surface area contributed by atoms with Gasteiger partial charge in [-0.3, -0.25) is 0 Å². The van der Waals surface area contributed by atoms with Crippen molar-refractivity contribution in [1.82, 2.24) is 19.9 Å². The third-order valence-electron chi connectivity index (χ3n) is 3.05. The number of rotatable bonds is 3. The van der Waals surface area contributed by atoms with E-state index in [0.717, 1.165) is 19.0 Å². The van der Waals surface area contributed by atoms with Gasteiger partial charge in [-0.05, 0) is 31.8 Å². The summed E-state index contributed by atoms with van der Waals surface area (Å²) in [7, 11) is 0. The molecule has 0 atom stereocenters. The van der Waals surface area contributed by atoms with Crippen molar-refractivity contribution in [3.05, 3.63) is 6.20 Å². The fourth-order valence-electron chi connectivity index (χ4n) is 1.93. The highest BCUT2D eigenvalue weighted by Crippen LogP contribution is 2.15. The van der Waals surface area contributed by atoms with Gasteiger partial charge in [-0.1, -0.05) is 6.92 Å². The van der Waals surface area contributed by atoms with Crippen LogP contribution in [0, 0.1) is 5.92 Å². The lowest BCUT2D eigenvalue weighted by molar-refractivity contribution is 0.182. The number of hydrogen-bond donors (Lipinski definition) is 1. The fraction of sp³-hybridized carbons (Fsp3) is 0.800. The molecule has 0 unspecified atom stereocenters. The summed E-state index contributed by atoms with van der Waals surface area (Å²) in [5.41, 5.74) is 5.50. The molecule has 0 spiro atoms. The molecule has 0 saturated carbocycles. The van der Waals surface area contributed by atoms with E-state index in [2.05, 4.69) is 22.0 Å². The van der Waals surface area contributed by atoms with Crippen molar-refractivity contribution in [2.45, 2.75) is 26.3 Å². The number of piperidine rings is 1. The molecule has 84 valence electrons. The van der Waals surface area contributed by atoms with Gasteiger partial charge in [0.2, 0.25) is 0 Å². The molecule has 1 aliphatic rings. The predicted octanol–water partition coefficient (Wildman–Crippen LogP) is 0.592. The summed E-state index contributed by atoms with van der Waals surface area (Å²) in [5, 5.41) is 8.14. The van der Waals surface area contributed by atoms with Crippen LogP contribution in [0.15, 0.2) is 6.20 Å². The highest BCUT2D eigenvalue weighted by Gasteiger charge is 2.15. The number of nitrogens with two attached hydrogens (primary N) is 1. The molecule has 2 N–H and O–H groups in total. The lowest BCUT2D eigenvalue weighted by Crippen LogP contribution is -2.35. The van der Waals surface area contributed by atoms with E-state index in [9.17, 15) is 0 Å². The summed E-state index contributed by atoms with van der Waals surface area (Å²) in [5.74, 6) is 1.39. The van der Waals surface area contributed by atoms with Gasteiger partial charge < -0.3 is 10.6 Å². The summed E-state index contributed by atoms with van der Waals surface area (Å²) in [4.78, 5) is 4.15. The molecule has 0 bridgehead atoms. The molecule has 1 aliphatic heterocycles. The van der Waals surface area contributed by atoms with Crippen molar-refractivity contribution in [3.8, 4) is 0 Å². The Morgan fingerprint density at radius 1 is 1.40 bits per heavy atom. The zero-order valence-corrected chi connectivity index (χ0v) is 9.26. The van der Waals surface area contributed by atoms with Gasteiger partial charge in [-0.2, -0.15) is 9.90 Å². The maximum Gasteiger partial charge on any atom is 0.165 e. The van der Waals surface area contributed by atoms with Crippen LogP contribution in [0.4, 0.5) is 5.82 Å². The van der Waals surface area contributed by atoms with Gasteiger partial charge in [0.1, 0.15) is 0 Å². The maximum atomic E-state index is 5.50. The van der Waals surface area contributed by atoms with Gasteiger partial charge >= 0.3 is 0 Å². The van der Waals surface area contributed by atoms with Crippen LogP contribution >= 0.6 is 0 Å². The molecule has 0 aliphatic carbocycles. The number of likely N-dealkylation sites (tertiary alicyclic amines) is 1. The first-order chi connectivity index (χ1) is 7.24. The Kier molecular flexibility index (Phi) is 3.20. The van der Waals surface area contributed by atoms with E-state index >= 15 is 0 Å². The largest absolute Gasteiger partial charge is 0.381 e. The van der Waals surface area contributed by atoms with E-state index in [1.807, 2.05) is 0 Å². The molecule has 0 radical (unpaired) electrons. The Morgan fingerprint density at radius 3 is 2.73 bits per heavy atom. The first-order valence-corrected chi connectivity index (χ1v) is 5.62. The van der Waals surface area contributed by atoms with Crippen molar-refractivity contribution in [2.75, 3.05) is 25.4 Å². The number of nitrogen functional groups attached to an aromatic ring is 1. The van der Waals surface area contributed by atoms with E-state index in [0.29, 0.717) is 5.82 Å². The van der Waals surface area contributed by atoms with Crippen LogP contribution in [0.5, 0.6) is 0 Å². The third-order valence-corrected chi connectivity index (χ3v) is 3.05. The molecular weight excluding hydrogens is 190 g/mol. The zero-order valence-electron chi connectivity index (χ0n) is 9.26. The highest BCUT2D eigenvalue weighted by molar-refractivity contribution is 5.19. The van der Waals surface area contributed by atoms with E-state index in [-0.39, 0.29) is 0 Å². The normalized spacial score (nSPS) is 19.5. The Balaban J connectivity index is 1.74. The molecule has 1 aromatic rings. The van der Waals surface area contributed by atoms with Gasteiger partial charge in [0, 0.05) is 6.54 Å². The average molecular weight is 209 g/mol. The summed E-state index contributed by atoms with van der Waals surface area (Å²) in [6.07, 6.45) is 4.22. The second-order valence-corrected chi connectivity index (χ2v) is 4.39. The molecule has 15 heavy (non-hydrogen) atoms. The predicted molar refractivity (Wildman–Crippen MR) is 59.3 cm³/mol. The molecule has 1 aromatic heterocycles. The number of hydrogen-bond acceptors (Lipinski definition) is 4. The lowest BCUT2D eigenvalue weighted by Gasteiger charge is -2.29. The molecule has 0 amide bonds. The molecule has 5 heteroatoms. The van der Waals surface area contributed by atoms with Crippen molar-refractivity contribution in [2.24, 2.45) is 5.92 Å². The van der Waals surface area contributed by atoms with E-state index in [4.69, 9.17) is 5.73 Å². The summed E-state index contributed by atoms with van der Waals surface area (Å²) < 4.78 is 0. The first kappa shape index (κ1) is 10.4. The number of aromatic nitrogens is 3. The minimum absolute atomic E-state index is 0.502. The Hall–Kier alpha value is -1.10. The number of nitrogens with zero attached hydrogens (tertiary/aromatic N) is 4. The SMILES string of the molecule is CC1CCN(CCn2ncc(N)n2)CC1. The van der Waals surface area contributed by atoms with Crippen molar-refractivity contribution >= 4 is 5.82 Å². The Bertz CT molecular complexity index is 301. The summed E-state index contributed by atoms with van der Waals surface area (Å²) in [6.45, 7) is 6.61. The van der Waals surface area contributed by atoms with Crippen LogP contribution in [0.1, 0.15) is 19.8 Å². The van der Waals surface area contributed by atoms with Gasteiger partial charge in [0.05, 0.1) is 12.7 Å². The van der Waals surface area contributed by atoms with E-state index < -0.39 is 0 Å². The van der Waals surface area contributed by atoms with E-state index in [1.165, 1.54) is 25.9 Å². The molecule has 2 rings (SSSR count). The van der Waals surface area contributed by atoms with Gasteiger partial charge in [-0.15, -0.1) is 5.10 Å². The third kappa shape index (κ3) is 2.92. The van der Waals surface area contributed by atoms with Crippen molar-refractivity contribution < 1.29 is 0 Å². The average Bonchev–Trinajstić information content (AvgIpc) is 2.64. The Labute approximate surface area is 90.2 Å². The fourth-order valence-corrected chi connectivity index (χ4v) is 1.93. The summed E-state index contributed by atoms with van der Waals surface area (Å²) in [6, 6.07) is 0. The summed E-state index contributed by atoms with van der Waals surface area (Å²) >= 11 is 0. The van der Waals surface area contributed by atoms with Crippen LogP contribution in [0.2, 0.25) is 0 Å². The van der Waals surface area contributed by atoms with Gasteiger partial charge in [-0.25, -0.2) is 0 Å². The zero-order chi connectivity index (χ0) is 10.7. The minimum atomic E-state index is 0.502. The highest BCUT2D eigenvalue weighted by atomic mass is 15.5. The van der Waals surface area contributed by atoms with Crippen LogP contribution in [0.25, 0.3) is 0 Å². The second kappa shape index (κ2) is 4.61. The smallest absolute Gasteiger partial charge is 0.165 e. The molecule has 0 aromatic carbocycles. The molecule has 5 nitrogen and oxygen atoms in total. The van der Waals surface area contributed by atoms with E-state index in [1.54, 1.807) is 11.0 Å². The first-order valence-electron chi connectivity index (χ1n) is 5.62. The van der Waals surface area contributed by atoms with Gasteiger partial charge in [0.15, 0.2) is 5.82 Å². The van der Waals surface area contributed by atoms with Crippen molar-refractivity contribution in [1.29, 1.82) is 0 Å². The van der Waals surface area contributed by atoms with Crippen LogP contribution in [-0.4, -0.2) is 39.5 Å². The topological polar surface area (TPSA) is 60.0 Å². The van der Waals surface area contributed by atoms with Gasteiger partial charge in [0.25, 0.3) is 0 Å². The maximum absolute atomic E-state index is 5.50. The Morgan fingerprint density at radius 2 is 2.13 bits per heavy atom. The van der Waals surface area contributed by atoms with Crippen LogP contribution in [0.3, 0.4) is 0 Å². The van der Waals surface area contributed by atoms with Crippen molar-refractivity contribution in [3.63, 3.8) is 0 Å². The molecule has 2 heterocycles. The standard InChI is InChI=1S/C10H19N5/c1-9-2-4-14(5-3-9)6-7-15-12-8-10(11)13-15/h8-9H,2-7H2,1H3,(H2,11,13). The number of anilines is 1. The monoisotopic (exact) mass is 209 g/mol. The van der Waals surface area contributed by atoms with Crippen LogP contribution in [-0.2, 0) is 6.54 Å². The molecule has 1 fully saturated rings. The molecular formula is C10H19N5. The second-order valence-electron chi connectivity index (χ2n) is 4.39. The lowest BCUT2D eigenvalue weighted by atomic mass is 9.99. The van der Waals surface area contributed by atoms with Crippen LogP contribution < -0.4 is 5.73 Å².